The fraction of sp³-hybridized carbons (Fsp3) is 0.185. The molecule has 2 aromatic heterocycles. The molecule has 8 nitrogen and oxygen atoms in total. The van der Waals surface area contributed by atoms with Crippen molar-refractivity contribution in [3.05, 3.63) is 78.4 Å². The Labute approximate surface area is 218 Å². The molecule has 0 fully saturated rings. The van der Waals surface area contributed by atoms with Crippen molar-refractivity contribution in [2.45, 2.75) is 26.0 Å². The maximum atomic E-state index is 14.6. The zero-order chi connectivity index (χ0) is 27.6. The first-order valence-corrected chi connectivity index (χ1v) is 13.3. The van der Waals surface area contributed by atoms with Crippen LogP contribution in [0.2, 0.25) is 0 Å². The van der Waals surface area contributed by atoms with Crippen molar-refractivity contribution in [3.63, 3.8) is 0 Å². The van der Waals surface area contributed by atoms with E-state index in [0.717, 1.165) is 21.7 Å². The van der Waals surface area contributed by atoms with Crippen molar-refractivity contribution in [2.24, 2.45) is 0 Å². The number of nitrogens with two attached hydrogens (primary N) is 1. The quantitative estimate of drug-likeness (QED) is 0.282. The first-order valence-electron chi connectivity index (χ1n) is 11.8. The van der Waals surface area contributed by atoms with Gasteiger partial charge in [0.1, 0.15) is 17.5 Å². The number of nitrogens with one attached hydrogen (secondary N) is 1. The number of hydrogen-bond acceptors (Lipinski definition) is 6. The van der Waals surface area contributed by atoms with Gasteiger partial charge in [0.05, 0.1) is 33.2 Å². The zero-order valence-electron chi connectivity index (χ0n) is 21.0. The Bertz CT molecular complexity index is 1680. The standard InChI is InChI=1S/C25H21F2N5O2S.C2H6O/c1-14(2)35(33,34)32-20-13-16(11-12-19(20)29-25(32)28)23-22(15-7-4-3-5-8-15)30-24(31-23)21-17(26)9-6-10-18(21)27;1-2-3/h3-14H,1-2H3,(H2,28,29)(H,30,31);3H,2H2,1H3. The fourth-order valence-electron chi connectivity index (χ4n) is 3.94. The van der Waals surface area contributed by atoms with Gasteiger partial charge in [-0.1, -0.05) is 42.5 Å². The van der Waals surface area contributed by atoms with Crippen molar-refractivity contribution in [2.75, 3.05) is 12.3 Å². The van der Waals surface area contributed by atoms with Gasteiger partial charge in [-0.2, -0.15) is 0 Å². The molecule has 0 saturated heterocycles. The van der Waals surface area contributed by atoms with Gasteiger partial charge >= 0.3 is 0 Å². The summed E-state index contributed by atoms with van der Waals surface area (Å²) in [5, 5.41) is 6.84. The predicted molar refractivity (Wildman–Crippen MR) is 145 cm³/mol. The van der Waals surface area contributed by atoms with Gasteiger partial charge in [-0.25, -0.2) is 31.1 Å². The smallest absolute Gasteiger partial charge is 0.244 e. The summed E-state index contributed by atoms with van der Waals surface area (Å²) < 4.78 is 56.1. The average Bonchev–Trinajstić information content (AvgIpc) is 3.45. The van der Waals surface area contributed by atoms with Crippen LogP contribution in [-0.4, -0.2) is 44.3 Å². The topological polar surface area (TPSA) is 127 Å². The van der Waals surface area contributed by atoms with Crippen LogP contribution >= 0.6 is 0 Å². The third-order valence-electron chi connectivity index (χ3n) is 5.73. The summed E-state index contributed by atoms with van der Waals surface area (Å²) in [6.07, 6.45) is 0. The molecule has 0 amide bonds. The molecule has 4 N–H and O–H groups in total. The molecular formula is C27H27F2N5O3S. The first-order chi connectivity index (χ1) is 18.1. The van der Waals surface area contributed by atoms with Crippen LogP contribution in [0.3, 0.4) is 0 Å². The molecule has 198 valence electrons. The second-order valence-corrected chi connectivity index (χ2v) is 11.0. The molecule has 5 aromatic rings. The number of aliphatic hydroxyl groups excluding tert-OH is 1. The van der Waals surface area contributed by atoms with E-state index >= 15 is 0 Å². The van der Waals surface area contributed by atoms with Crippen molar-refractivity contribution in [1.29, 1.82) is 0 Å². The first kappa shape index (κ1) is 27.0. The Morgan fingerprint density at radius 3 is 2.21 bits per heavy atom. The molecule has 2 heterocycles. The largest absolute Gasteiger partial charge is 0.397 e. The Hall–Kier alpha value is -4.09. The lowest BCUT2D eigenvalue weighted by atomic mass is 10.0. The highest BCUT2D eigenvalue weighted by molar-refractivity contribution is 7.90. The molecule has 0 unspecified atom stereocenters. The SMILES string of the molecule is CC(C)S(=O)(=O)n1c(N)nc2ccc(-c3nc(-c4c(F)cccc4F)[nH]c3-c3ccccc3)cc21.CCO. The van der Waals surface area contributed by atoms with Gasteiger partial charge in [0.2, 0.25) is 16.0 Å². The van der Waals surface area contributed by atoms with Gasteiger partial charge in [-0.05, 0) is 45.0 Å². The minimum Gasteiger partial charge on any atom is -0.397 e. The van der Waals surface area contributed by atoms with Gasteiger partial charge in [0.25, 0.3) is 0 Å². The minimum absolute atomic E-state index is 0.0115. The number of imidazole rings is 2. The van der Waals surface area contributed by atoms with E-state index in [9.17, 15) is 17.2 Å². The van der Waals surface area contributed by atoms with Crippen molar-refractivity contribution >= 4 is 27.0 Å². The van der Waals surface area contributed by atoms with E-state index < -0.39 is 26.9 Å². The fourth-order valence-corrected chi connectivity index (χ4v) is 5.08. The second-order valence-electron chi connectivity index (χ2n) is 8.62. The van der Waals surface area contributed by atoms with E-state index in [1.54, 1.807) is 39.0 Å². The summed E-state index contributed by atoms with van der Waals surface area (Å²) in [5.74, 6) is -1.65. The van der Waals surface area contributed by atoms with Crippen molar-refractivity contribution in [3.8, 4) is 33.9 Å². The number of nitrogens with zero attached hydrogens (tertiary/aromatic N) is 3. The summed E-state index contributed by atoms with van der Waals surface area (Å²) in [4.78, 5) is 11.8. The lowest BCUT2D eigenvalue weighted by Gasteiger charge is -2.11. The number of halogens is 2. The highest BCUT2D eigenvalue weighted by Gasteiger charge is 2.26. The number of aliphatic hydroxyl groups is 1. The van der Waals surface area contributed by atoms with Gasteiger partial charge in [0.15, 0.2) is 0 Å². The highest BCUT2D eigenvalue weighted by Crippen LogP contribution is 2.36. The number of hydrogen-bond donors (Lipinski definition) is 3. The van der Waals surface area contributed by atoms with Gasteiger partial charge < -0.3 is 15.8 Å². The summed E-state index contributed by atoms with van der Waals surface area (Å²) in [7, 11) is -3.80. The molecule has 3 aromatic carbocycles. The molecule has 0 aliphatic rings. The molecule has 0 aliphatic heterocycles. The van der Waals surface area contributed by atoms with Crippen LogP contribution in [0.5, 0.6) is 0 Å². The normalized spacial score (nSPS) is 11.6. The molecular weight excluding hydrogens is 512 g/mol. The van der Waals surface area contributed by atoms with Crippen LogP contribution in [-0.2, 0) is 10.0 Å². The molecule has 0 aliphatic carbocycles. The van der Waals surface area contributed by atoms with Gasteiger partial charge in [-0.15, -0.1) is 0 Å². The monoisotopic (exact) mass is 539 g/mol. The summed E-state index contributed by atoms with van der Waals surface area (Å²) in [5.41, 5.74) is 8.54. The summed E-state index contributed by atoms with van der Waals surface area (Å²) in [6.45, 7) is 5.04. The predicted octanol–water partition coefficient (Wildman–Crippen LogP) is 5.21. The summed E-state index contributed by atoms with van der Waals surface area (Å²) >= 11 is 0. The van der Waals surface area contributed by atoms with E-state index in [0.29, 0.717) is 22.5 Å². The molecule has 38 heavy (non-hydrogen) atoms. The van der Waals surface area contributed by atoms with Crippen LogP contribution in [0.25, 0.3) is 44.9 Å². The van der Waals surface area contributed by atoms with E-state index in [2.05, 4.69) is 15.0 Å². The lowest BCUT2D eigenvalue weighted by Crippen LogP contribution is -2.23. The van der Waals surface area contributed by atoms with Crippen LogP contribution in [0.4, 0.5) is 14.7 Å². The number of nitrogen functional groups attached to an aromatic ring is 1. The zero-order valence-corrected chi connectivity index (χ0v) is 21.8. The molecule has 5 rings (SSSR count). The third kappa shape index (κ3) is 4.90. The minimum atomic E-state index is -3.80. The third-order valence-corrected chi connectivity index (χ3v) is 7.81. The van der Waals surface area contributed by atoms with Crippen molar-refractivity contribution in [1.82, 2.24) is 18.9 Å². The number of H-pyrrole nitrogens is 1. The van der Waals surface area contributed by atoms with E-state index in [-0.39, 0.29) is 29.5 Å². The number of benzene rings is 3. The second kappa shape index (κ2) is 10.7. The van der Waals surface area contributed by atoms with Gasteiger partial charge in [0, 0.05) is 17.7 Å². The average molecular weight is 540 g/mol. The Morgan fingerprint density at radius 1 is 0.974 bits per heavy atom. The maximum absolute atomic E-state index is 14.6. The van der Waals surface area contributed by atoms with Crippen LogP contribution in [0.1, 0.15) is 20.8 Å². The summed E-state index contributed by atoms with van der Waals surface area (Å²) in [6, 6.07) is 17.7. The Kier molecular flexibility index (Phi) is 7.61. The number of aromatic nitrogens is 4. The molecule has 0 atom stereocenters. The Balaban J connectivity index is 0.00000107. The highest BCUT2D eigenvalue weighted by atomic mass is 32.2. The van der Waals surface area contributed by atoms with Crippen LogP contribution in [0, 0.1) is 11.6 Å². The van der Waals surface area contributed by atoms with E-state index in [4.69, 9.17) is 10.8 Å². The van der Waals surface area contributed by atoms with E-state index in [1.165, 1.54) is 6.07 Å². The number of rotatable bonds is 5. The van der Waals surface area contributed by atoms with Gasteiger partial charge in [-0.3, -0.25) is 0 Å². The number of fused-ring (bicyclic) bond motifs is 1. The molecule has 0 spiro atoms. The van der Waals surface area contributed by atoms with Crippen molar-refractivity contribution < 1.29 is 22.3 Å². The molecule has 0 radical (unpaired) electrons. The molecule has 0 bridgehead atoms. The van der Waals surface area contributed by atoms with E-state index in [1.807, 2.05) is 30.3 Å². The number of anilines is 1. The maximum Gasteiger partial charge on any atom is 0.244 e. The molecule has 11 heteroatoms. The van der Waals surface area contributed by atoms with Crippen LogP contribution in [0.15, 0.2) is 66.7 Å². The van der Waals surface area contributed by atoms with Crippen LogP contribution < -0.4 is 5.73 Å². The Morgan fingerprint density at radius 2 is 1.61 bits per heavy atom. The lowest BCUT2D eigenvalue weighted by molar-refractivity contribution is 0.318. The molecule has 0 saturated carbocycles. The number of aromatic amines is 1.